The van der Waals surface area contributed by atoms with Gasteiger partial charge >= 0.3 is 0 Å². The third kappa shape index (κ3) is 2.70. The number of ketones is 2. The van der Waals surface area contributed by atoms with Crippen LogP contribution < -0.4 is 9.80 Å². The van der Waals surface area contributed by atoms with Crippen LogP contribution in [0.25, 0.3) is 0 Å². The van der Waals surface area contributed by atoms with Crippen LogP contribution in [-0.2, 0) is 0 Å². The Hall–Kier alpha value is -2.62. The molecular formula is C22H26N2O2. The molecule has 0 saturated heterocycles. The summed E-state index contributed by atoms with van der Waals surface area (Å²) in [6.07, 6.45) is 0. The number of hydrogen-bond donors (Lipinski definition) is 0. The minimum absolute atomic E-state index is 0.0725. The van der Waals surface area contributed by atoms with Crippen molar-refractivity contribution >= 4 is 22.9 Å². The number of rotatable bonds is 4. The molecule has 0 saturated carbocycles. The smallest absolute Gasteiger partial charge is 0.196 e. The van der Waals surface area contributed by atoms with Gasteiger partial charge in [-0.3, -0.25) is 9.59 Å². The standard InChI is InChI=1S/C22H26N2O2/c1-13(2)23(5)17-11-12-18(24(6)14(3)4)20-19(17)21(25)15-9-7-8-10-16(15)22(20)26/h7-14H,1-6H3. The topological polar surface area (TPSA) is 40.6 Å². The van der Waals surface area contributed by atoms with Crippen molar-refractivity contribution in [2.75, 3.05) is 23.9 Å². The summed E-state index contributed by atoms with van der Waals surface area (Å²) < 4.78 is 0. The van der Waals surface area contributed by atoms with Crippen LogP contribution in [-0.4, -0.2) is 37.7 Å². The van der Waals surface area contributed by atoms with Gasteiger partial charge in [-0.15, -0.1) is 0 Å². The number of carbonyl (C=O) groups is 2. The summed E-state index contributed by atoms with van der Waals surface area (Å²) in [5.41, 5.74) is 3.65. The van der Waals surface area contributed by atoms with E-state index in [9.17, 15) is 9.59 Å². The number of benzene rings is 2. The van der Waals surface area contributed by atoms with Gasteiger partial charge in [-0.25, -0.2) is 0 Å². The van der Waals surface area contributed by atoms with E-state index in [0.717, 1.165) is 11.4 Å². The number of carbonyl (C=O) groups excluding carboxylic acids is 2. The Morgan fingerprint density at radius 3 is 1.31 bits per heavy atom. The second kappa shape index (κ2) is 6.60. The molecule has 2 aromatic rings. The fourth-order valence-corrected chi connectivity index (χ4v) is 3.33. The van der Waals surface area contributed by atoms with Crippen molar-refractivity contribution in [3.05, 3.63) is 58.7 Å². The number of anilines is 2. The molecule has 0 spiro atoms. The molecule has 0 N–H and O–H groups in total. The van der Waals surface area contributed by atoms with Gasteiger partial charge in [0, 0.05) is 48.7 Å². The molecule has 3 rings (SSSR count). The molecule has 136 valence electrons. The van der Waals surface area contributed by atoms with Crippen molar-refractivity contribution in [2.45, 2.75) is 39.8 Å². The Morgan fingerprint density at radius 1 is 0.654 bits per heavy atom. The van der Waals surface area contributed by atoms with E-state index in [4.69, 9.17) is 0 Å². The van der Waals surface area contributed by atoms with Crippen molar-refractivity contribution in [3.8, 4) is 0 Å². The zero-order chi connectivity index (χ0) is 19.2. The quantitative estimate of drug-likeness (QED) is 0.709. The summed E-state index contributed by atoms with van der Waals surface area (Å²) in [5.74, 6) is -0.145. The molecule has 4 nitrogen and oxygen atoms in total. The summed E-state index contributed by atoms with van der Waals surface area (Å²) in [6.45, 7) is 8.29. The number of nitrogens with zero attached hydrogens (tertiary/aromatic N) is 2. The Morgan fingerprint density at radius 2 is 1.00 bits per heavy atom. The van der Waals surface area contributed by atoms with Gasteiger partial charge in [0.1, 0.15) is 0 Å². The average molecular weight is 350 g/mol. The first-order chi connectivity index (χ1) is 12.3. The molecule has 26 heavy (non-hydrogen) atoms. The lowest BCUT2D eigenvalue weighted by molar-refractivity contribution is 0.0979. The lowest BCUT2D eigenvalue weighted by Crippen LogP contribution is -2.33. The highest BCUT2D eigenvalue weighted by Gasteiger charge is 2.35. The lowest BCUT2D eigenvalue weighted by atomic mass is 9.81. The van der Waals surface area contributed by atoms with Gasteiger partial charge in [-0.05, 0) is 39.8 Å². The molecule has 4 heteroatoms. The van der Waals surface area contributed by atoms with E-state index in [1.165, 1.54) is 0 Å². The van der Waals surface area contributed by atoms with Crippen LogP contribution in [0.15, 0.2) is 36.4 Å². The predicted octanol–water partition coefficient (Wildman–Crippen LogP) is 4.15. The zero-order valence-electron chi connectivity index (χ0n) is 16.3. The zero-order valence-corrected chi connectivity index (χ0v) is 16.3. The first-order valence-corrected chi connectivity index (χ1v) is 9.06. The van der Waals surface area contributed by atoms with Crippen molar-refractivity contribution in [1.82, 2.24) is 0 Å². The minimum Gasteiger partial charge on any atom is -0.372 e. The molecule has 0 aliphatic heterocycles. The Kier molecular flexibility index (Phi) is 4.61. The van der Waals surface area contributed by atoms with Gasteiger partial charge in [0.15, 0.2) is 11.6 Å². The van der Waals surface area contributed by atoms with Gasteiger partial charge in [0.25, 0.3) is 0 Å². The maximum absolute atomic E-state index is 13.3. The van der Waals surface area contributed by atoms with E-state index in [2.05, 4.69) is 37.5 Å². The summed E-state index contributed by atoms with van der Waals surface area (Å²) in [6, 6.07) is 11.5. The highest BCUT2D eigenvalue weighted by atomic mass is 16.1. The van der Waals surface area contributed by atoms with E-state index in [1.54, 1.807) is 12.1 Å². The van der Waals surface area contributed by atoms with Crippen LogP contribution in [0.5, 0.6) is 0 Å². The monoisotopic (exact) mass is 350 g/mol. The average Bonchev–Trinajstić information content (AvgIpc) is 2.63. The SMILES string of the molecule is CC(C)N(C)c1ccc(N(C)C(C)C)c2c1C(=O)c1ccccc1C2=O. The normalized spacial score (nSPS) is 13.1. The fourth-order valence-electron chi connectivity index (χ4n) is 3.33. The van der Waals surface area contributed by atoms with Gasteiger partial charge in [-0.1, -0.05) is 24.3 Å². The van der Waals surface area contributed by atoms with Gasteiger partial charge in [-0.2, -0.15) is 0 Å². The summed E-state index contributed by atoms with van der Waals surface area (Å²) in [4.78, 5) is 30.8. The molecule has 1 aliphatic rings. The van der Waals surface area contributed by atoms with Crippen molar-refractivity contribution in [2.24, 2.45) is 0 Å². The molecule has 1 aliphatic carbocycles. The Labute approximate surface area is 155 Å². The van der Waals surface area contributed by atoms with Crippen molar-refractivity contribution in [3.63, 3.8) is 0 Å². The van der Waals surface area contributed by atoms with E-state index < -0.39 is 0 Å². The molecule has 0 unspecified atom stereocenters. The van der Waals surface area contributed by atoms with E-state index in [0.29, 0.717) is 22.3 Å². The third-order valence-corrected chi connectivity index (χ3v) is 5.34. The van der Waals surface area contributed by atoms with E-state index >= 15 is 0 Å². The minimum atomic E-state index is -0.0725. The maximum atomic E-state index is 13.3. The van der Waals surface area contributed by atoms with Gasteiger partial charge in [0.05, 0.1) is 11.1 Å². The largest absolute Gasteiger partial charge is 0.372 e. The van der Waals surface area contributed by atoms with Crippen LogP contribution in [0.4, 0.5) is 11.4 Å². The summed E-state index contributed by atoms with van der Waals surface area (Å²) in [5, 5.41) is 0. The van der Waals surface area contributed by atoms with Crippen LogP contribution in [0.1, 0.15) is 59.5 Å². The molecule has 0 radical (unpaired) electrons. The lowest BCUT2D eigenvalue weighted by Gasteiger charge is -2.33. The highest BCUT2D eigenvalue weighted by Crippen LogP contribution is 2.39. The maximum Gasteiger partial charge on any atom is 0.196 e. The second-order valence-electron chi connectivity index (χ2n) is 7.47. The third-order valence-electron chi connectivity index (χ3n) is 5.34. The van der Waals surface area contributed by atoms with Crippen LogP contribution >= 0.6 is 0 Å². The molecule has 0 aromatic heterocycles. The van der Waals surface area contributed by atoms with E-state index in [-0.39, 0.29) is 23.7 Å². The molecule has 0 fully saturated rings. The highest BCUT2D eigenvalue weighted by molar-refractivity contribution is 6.32. The van der Waals surface area contributed by atoms with Crippen LogP contribution in [0.2, 0.25) is 0 Å². The first-order valence-electron chi connectivity index (χ1n) is 9.06. The summed E-state index contributed by atoms with van der Waals surface area (Å²) >= 11 is 0. The molecule has 0 heterocycles. The second-order valence-corrected chi connectivity index (χ2v) is 7.47. The first kappa shape index (κ1) is 18.2. The Bertz CT molecular complexity index is 812. The van der Waals surface area contributed by atoms with Crippen molar-refractivity contribution < 1.29 is 9.59 Å². The van der Waals surface area contributed by atoms with Crippen molar-refractivity contribution in [1.29, 1.82) is 0 Å². The molecule has 0 amide bonds. The van der Waals surface area contributed by atoms with Gasteiger partial charge in [0.2, 0.25) is 0 Å². The number of fused-ring (bicyclic) bond motifs is 2. The summed E-state index contributed by atoms with van der Waals surface area (Å²) in [7, 11) is 3.93. The number of hydrogen-bond acceptors (Lipinski definition) is 4. The van der Waals surface area contributed by atoms with Crippen LogP contribution in [0.3, 0.4) is 0 Å². The van der Waals surface area contributed by atoms with Gasteiger partial charge < -0.3 is 9.80 Å². The van der Waals surface area contributed by atoms with E-state index in [1.807, 2.05) is 38.4 Å². The fraction of sp³-hybridized carbons (Fsp3) is 0.364. The van der Waals surface area contributed by atoms with Crippen LogP contribution in [0, 0.1) is 0 Å². The Balaban J connectivity index is 2.34. The molecular weight excluding hydrogens is 324 g/mol. The molecule has 0 bridgehead atoms. The molecule has 0 atom stereocenters. The predicted molar refractivity (Wildman–Crippen MR) is 107 cm³/mol. The molecule has 2 aromatic carbocycles.